The normalized spacial score (nSPS) is 10.1. The molecule has 0 atom stereocenters. The highest BCUT2D eigenvalue weighted by Gasteiger charge is 2.14. The molecule has 1 amide bonds. The van der Waals surface area contributed by atoms with Crippen LogP contribution in [0.1, 0.15) is 11.1 Å². The van der Waals surface area contributed by atoms with Gasteiger partial charge in [0.15, 0.2) is 11.5 Å². The van der Waals surface area contributed by atoms with E-state index in [1.807, 2.05) is 30.3 Å². The van der Waals surface area contributed by atoms with Gasteiger partial charge in [-0.2, -0.15) is 0 Å². The number of hydrogen-bond acceptors (Lipinski definition) is 4. The van der Waals surface area contributed by atoms with Gasteiger partial charge in [-0.25, -0.2) is 5.06 Å². The van der Waals surface area contributed by atoms with Crippen molar-refractivity contribution in [3.63, 3.8) is 0 Å². The molecule has 0 saturated carbocycles. The van der Waals surface area contributed by atoms with E-state index in [1.165, 1.54) is 7.11 Å². The maximum Gasteiger partial charge on any atom is 0.250 e. The lowest BCUT2D eigenvalue weighted by atomic mass is 10.1. The lowest BCUT2D eigenvalue weighted by molar-refractivity contribution is -0.167. The molecule has 0 aliphatic heterocycles. The third-order valence-corrected chi connectivity index (χ3v) is 3.27. The Balaban J connectivity index is 2.02. The van der Waals surface area contributed by atoms with Crippen molar-refractivity contribution in [2.45, 2.75) is 13.0 Å². The summed E-state index contributed by atoms with van der Waals surface area (Å²) in [6.45, 7) is 0.160. The number of carbonyl (C=O) groups excluding carboxylic acids is 1. The van der Waals surface area contributed by atoms with E-state index in [-0.39, 0.29) is 18.9 Å². The van der Waals surface area contributed by atoms with E-state index < -0.39 is 0 Å². The second-order valence-corrected chi connectivity index (χ2v) is 4.80. The van der Waals surface area contributed by atoms with Crippen LogP contribution in [0.3, 0.4) is 0 Å². The SMILES string of the molecule is COc1ccc(CC(=O)N(O)Cc2ccccc2)cc1OC. The number of benzene rings is 2. The van der Waals surface area contributed by atoms with Crippen LogP contribution in [0, 0.1) is 0 Å². The number of methoxy groups -OCH3 is 2. The Labute approximate surface area is 129 Å². The van der Waals surface area contributed by atoms with Gasteiger partial charge in [-0.15, -0.1) is 0 Å². The van der Waals surface area contributed by atoms with Gasteiger partial charge in [-0.05, 0) is 23.3 Å². The van der Waals surface area contributed by atoms with Gasteiger partial charge < -0.3 is 9.47 Å². The minimum absolute atomic E-state index is 0.0870. The van der Waals surface area contributed by atoms with Crippen molar-refractivity contribution in [2.75, 3.05) is 14.2 Å². The summed E-state index contributed by atoms with van der Waals surface area (Å²) in [4.78, 5) is 12.1. The van der Waals surface area contributed by atoms with Crippen molar-refractivity contribution >= 4 is 5.91 Å². The molecule has 22 heavy (non-hydrogen) atoms. The zero-order valence-electron chi connectivity index (χ0n) is 12.7. The van der Waals surface area contributed by atoms with E-state index in [4.69, 9.17) is 9.47 Å². The van der Waals surface area contributed by atoms with Crippen LogP contribution in [-0.4, -0.2) is 30.4 Å². The minimum Gasteiger partial charge on any atom is -0.493 e. The Morgan fingerprint density at radius 2 is 1.68 bits per heavy atom. The average molecular weight is 301 g/mol. The molecule has 0 aliphatic carbocycles. The predicted octanol–water partition coefficient (Wildman–Crippen LogP) is 2.66. The molecule has 2 aromatic rings. The summed E-state index contributed by atoms with van der Waals surface area (Å²) in [5.74, 6) is 0.778. The van der Waals surface area contributed by atoms with Crippen LogP contribution in [0.25, 0.3) is 0 Å². The first kappa shape index (κ1) is 15.9. The Kier molecular flexibility index (Phi) is 5.38. The van der Waals surface area contributed by atoms with E-state index in [1.54, 1.807) is 25.3 Å². The topological polar surface area (TPSA) is 59.0 Å². The number of hydroxylamine groups is 2. The van der Waals surface area contributed by atoms with Crippen LogP contribution in [-0.2, 0) is 17.8 Å². The summed E-state index contributed by atoms with van der Waals surface area (Å²) >= 11 is 0. The van der Waals surface area contributed by atoms with Crippen molar-refractivity contribution < 1.29 is 19.5 Å². The first-order chi connectivity index (χ1) is 10.6. The van der Waals surface area contributed by atoms with Gasteiger partial charge >= 0.3 is 0 Å². The summed E-state index contributed by atoms with van der Waals surface area (Å²) in [6.07, 6.45) is 0.0870. The molecule has 2 rings (SSSR count). The summed E-state index contributed by atoms with van der Waals surface area (Å²) in [5.41, 5.74) is 1.61. The number of carbonyl (C=O) groups is 1. The Bertz CT molecular complexity index is 628. The molecular formula is C17H19NO4. The lowest BCUT2D eigenvalue weighted by Gasteiger charge is -2.15. The molecule has 0 fully saturated rings. The second kappa shape index (κ2) is 7.47. The fourth-order valence-electron chi connectivity index (χ4n) is 2.10. The Morgan fingerprint density at radius 3 is 2.32 bits per heavy atom. The Morgan fingerprint density at radius 1 is 1.00 bits per heavy atom. The Hall–Kier alpha value is -2.53. The molecule has 0 aliphatic rings. The molecule has 0 bridgehead atoms. The van der Waals surface area contributed by atoms with Crippen molar-refractivity contribution in [1.82, 2.24) is 5.06 Å². The first-order valence-electron chi connectivity index (χ1n) is 6.88. The van der Waals surface area contributed by atoms with Crippen molar-refractivity contribution in [3.05, 3.63) is 59.7 Å². The molecule has 0 saturated heterocycles. The fraction of sp³-hybridized carbons (Fsp3) is 0.235. The highest BCUT2D eigenvalue weighted by Crippen LogP contribution is 2.27. The molecule has 0 unspecified atom stereocenters. The molecule has 0 heterocycles. The van der Waals surface area contributed by atoms with Gasteiger partial charge in [0, 0.05) is 0 Å². The van der Waals surface area contributed by atoms with Gasteiger partial charge in [-0.1, -0.05) is 36.4 Å². The van der Waals surface area contributed by atoms with Crippen molar-refractivity contribution in [3.8, 4) is 11.5 Å². The number of amides is 1. The van der Waals surface area contributed by atoms with Crippen molar-refractivity contribution in [2.24, 2.45) is 0 Å². The number of hydrogen-bond donors (Lipinski definition) is 1. The highest BCUT2D eigenvalue weighted by molar-refractivity contribution is 5.77. The molecular weight excluding hydrogens is 282 g/mol. The maximum absolute atomic E-state index is 12.1. The van der Waals surface area contributed by atoms with Gasteiger partial charge in [-0.3, -0.25) is 10.0 Å². The summed E-state index contributed by atoms with van der Waals surface area (Å²) in [6, 6.07) is 14.6. The van der Waals surface area contributed by atoms with E-state index in [2.05, 4.69) is 0 Å². The summed E-state index contributed by atoms with van der Waals surface area (Å²) in [7, 11) is 3.09. The monoisotopic (exact) mass is 301 g/mol. The number of ether oxygens (including phenoxy) is 2. The summed E-state index contributed by atoms with van der Waals surface area (Å²) in [5, 5.41) is 10.6. The zero-order valence-corrected chi connectivity index (χ0v) is 12.7. The number of rotatable bonds is 6. The van der Waals surface area contributed by atoms with Crippen LogP contribution in [0.4, 0.5) is 0 Å². The van der Waals surface area contributed by atoms with E-state index in [0.29, 0.717) is 11.5 Å². The third kappa shape index (κ3) is 3.99. The highest BCUT2D eigenvalue weighted by atomic mass is 16.5. The predicted molar refractivity (Wildman–Crippen MR) is 82.0 cm³/mol. The molecule has 5 heteroatoms. The zero-order chi connectivity index (χ0) is 15.9. The van der Waals surface area contributed by atoms with Crippen LogP contribution >= 0.6 is 0 Å². The lowest BCUT2D eigenvalue weighted by Crippen LogP contribution is -2.28. The fourth-order valence-corrected chi connectivity index (χ4v) is 2.10. The quantitative estimate of drug-likeness (QED) is 0.658. The van der Waals surface area contributed by atoms with Crippen molar-refractivity contribution in [1.29, 1.82) is 0 Å². The molecule has 1 N–H and O–H groups in total. The van der Waals surface area contributed by atoms with Gasteiger partial charge in [0.05, 0.1) is 27.2 Å². The minimum atomic E-state index is -0.379. The molecule has 2 aromatic carbocycles. The standard InChI is InChI=1S/C17H19NO4/c1-21-15-9-8-14(10-16(15)22-2)11-17(19)18(20)12-13-6-4-3-5-7-13/h3-10,20H,11-12H2,1-2H3. The third-order valence-electron chi connectivity index (χ3n) is 3.27. The first-order valence-corrected chi connectivity index (χ1v) is 6.88. The second-order valence-electron chi connectivity index (χ2n) is 4.80. The van der Waals surface area contributed by atoms with Crippen LogP contribution < -0.4 is 9.47 Å². The van der Waals surface area contributed by atoms with E-state index >= 15 is 0 Å². The summed E-state index contributed by atoms with van der Waals surface area (Å²) < 4.78 is 10.4. The molecule has 0 spiro atoms. The van der Waals surface area contributed by atoms with Gasteiger partial charge in [0.25, 0.3) is 5.91 Å². The molecule has 116 valence electrons. The number of nitrogens with zero attached hydrogens (tertiary/aromatic N) is 1. The van der Waals surface area contributed by atoms with Gasteiger partial charge in [0.1, 0.15) is 0 Å². The van der Waals surface area contributed by atoms with Crippen LogP contribution in [0.15, 0.2) is 48.5 Å². The molecule has 0 aromatic heterocycles. The van der Waals surface area contributed by atoms with Crippen LogP contribution in [0.5, 0.6) is 11.5 Å². The average Bonchev–Trinajstić information content (AvgIpc) is 2.55. The molecule has 5 nitrogen and oxygen atoms in total. The van der Waals surface area contributed by atoms with Crippen LogP contribution in [0.2, 0.25) is 0 Å². The van der Waals surface area contributed by atoms with E-state index in [0.717, 1.165) is 16.2 Å². The van der Waals surface area contributed by atoms with Gasteiger partial charge in [0.2, 0.25) is 0 Å². The largest absolute Gasteiger partial charge is 0.493 e. The van der Waals surface area contributed by atoms with E-state index in [9.17, 15) is 10.0 Å². The molecule has 0 radical (unpaired) electrons. The maximum atomic E-state index is 12.1. The smallest absolute Gasteiger partial charge is 0.250 e.